The van der Waals surface area contributed by atoms with Gasteiger partial charge in [-0.2, -0.15) is 0 Å². The van der Waals surface area contributed by atoms with Crippen LogP contribution in [0.4, 0.5) is 9.59 Å². The van der Waals surface area contributed by atoms with Gasteiger partial charge < -0.3 is 18.9 Å². The monoisotopic (exact) mass is 550 g/mol. The molecule has 0 N–H and O–H groups in total. The first-order chi connectivity index (χ1) is 19.5. The molecule has 0 amide bonds. The third kappa shape index (κ3) is 8.87. The van der Waals surface area contributed by atoms with Gasteiger partial charge in [-0.15, -0.1) is 0 Å². The van der Waals surface area contributed by atoms with Gasteiger partial charge in [-0.3, -0.25) is 0 Å². The second kappa shape index (κ2) is 16.7. The first-order valence-electron chi connectivity index (χ1n) is 15.1. The SMILES string of the molecule is CCCCCCCCOC(=O)Oc1c2cccc(C)c2c(OC(=O)OCCCCCCCC)c2cccc(C)c12. The minimum absolute atomic E-state index is 0.324. The number of carbonyl (C=O) groups excluding carboxylic acids is 2. The Hall–Kier alpha value is -3.28. The van der Waals surface area contributed by atoms with E-state index in [1.165, 1.54) is 38.5 Å². The maximum atomic E-state index is 12.8. The van der Waals surface area contributed by atoms with E-state index in [1.807, 2.05) is 50.2 Å². The van der Waals surface area contributed by atoms with Crippen LogP contribution in [0.5, 0.6) is 11.5 Å². The number of carbonyl (C=O) groups is 2. The summed E-state index contributed by atoms with van der Waals surface area (Å²) in [6.07, 6.45) is 11.8. The van der Waals surface area contributed by atoms with Crippen molar-refractivity contribution in [3.8, 4) is 11.5 Å². The van der Waals surface area contributed by atoms with Crippen LogP contribution in [0.1, 0.15) is 102 Å². The van der Waals surface area contributed by atoms with E-state index in [2.05, 4.69) is 13.8 Å². The number of rotatable bonds is 16. The Morgan fingerprint density at radius 3 is 1.32 bits per heavy atom. The molecule has 0 spiro atoms. The molecule has 40 heavy (non-hydrogen) atoms. The normalized spacial score (nSPS) is 11.1. The Bertz CT molecular complexity index is 1150. The Morgan fingerprint density at radius 2 is 0.925 bits per heavy atom. The van der Waals surface area contributed by atoms with E-state index < -0.39 is 12.3 Å². The molecule has 6 heteroatoms. The van der Waals surface area contributed by atoms with Crippen molar-refractivity contribution >= 4 is 33.9 Å². The highest BCUT2D eigenvalue weighted by atomic mass is 16.7. The number of hydrogen-bond donors (Lipinski definition) is 0. The second-order valence-corrected chi connectivity index (χ2v) is 10.6. The lowest BCUT2D eigenvalue weighted by atomic mass is 9.95. The summed E-state index contributed by atoms with van der Waals surface area (Å²) in [6, 6.07) is 11.4. The quantitative estimate of drug-likeness (QED) is 0.0764. The molecule has 0 unspecified atom stereocenters. The van der Waals surface area contributed by atoms with Crippen molar-refractivity contribution in [2.75, 3.05) is 13.2 Å². The van der Waals surface area contributed by atoms with Crippen LogP contribution in [0, 0.1) is 13.8 Å². The van der Waals surface area contributed by atoms with Crippen molar-refractivity contribution in [2.45, 2.75) is 105 Å². The molecule has 218 valence electrons. The van der Waals surface area contributed by atoms with Crippen molar-refractivity contribution in [3.63, 3.8) is 0 Å². The smallest absolute Gasteiger partial charge is 0.434 e. The number of fused-ring (bicyclic) bond motifs is 2. The molecule has 0 fully saturated rings. The van der Waals surface area contributed by atoms with Gasteiger partial charge in [0.2, 0.25) is 0 Å². The van der Waals surface area contributed by atoms with Crippen LogP contribution < -0.4 is 9.47 Å². The lowest BCUT2D eigenvalue weighted by Gasteiger charge is -2.18. The highest BCUT2D eigenvalue weighted by Crippen LogP contribution is 2.45. The maximum absolute atomic E-state index is 12.8. The first-order valence-corrected chi connectivity index (χ1v) is 15.1. The standard InChI is InChI=1S/C34H46O6/c1-5-7-9-11-13-15-23-37-33(35)39-31-27-21-17-20-26(4)30(27)32(28-22-18-19-25(3)29(28)31)40-34(36)38-24-16-14-12-10-8-6-2/h17-22H,5-16,23-24H2,1-4H3. The molecule has 0 aliphatic heterocycles. The molecule has 3 aromatic carbocycles. The number of aryl methyl sites for hydroxylation is 2. The van der Waals surface area contributed by atoms with Gasteiger partial charge in [0.25, 0.3) is 0 Å². The van der Waals surface area contributed by atoms with E-state index in [1.54, 1.807) is 0 Å². The molecule has 0 saturated heterocycles. The average Bonchev–Trinajstić information content (AvgIpc) is 2.94. The molecule has 0 radical (unpaired) electrons. The fourth-order valence-electron chi connectivity index (χ4n) is 5.10. The highest BCUT2D eigenvalue weighted by molar-refractivity contribution is 6.14. The van der Waals surface area contributed by atoms with E-state index in [4.69, 9.17) is 18.9 Å². The molecule has 0 atom stereocenters. The molecule has 3 rings (SSSR count). The molecular weight excluding hydrogens is 504 g/mol. The van der Waals surface area contributed by atoms with Gasteiger partial charge in [0, 0.05) is 21.5 Å². The van der Waals surface area contributed by atoms with E-state index in [0.29, 0.717) is 46.3 Å². The second-order valence-electron chi connectivity index (χ2n) is 10.6. The average molecular weight is 551 g/mol. The zero-order valence-electron chi connectivity index (χ0n) is 24.8. The first kappa shape index (κ1) is 31.3. The van der Waals surface area contributed by atoms with Crippen LogP contribution >= 0.6 is 0 Å². The summed E-state index contributed by atoms with van der Waals surface area (Å²) in [7, 11) is 0. The predicted octanol–water partition coefficient (Wildman–Crippen LogP) is 10.4. The molecule has 6 nitrogen and oxygen atoms in total. The summed E-state index contributed by atoms with van der Waals surface area (Å²) in [5.41, 5.74) is 1.79. The summed E-state index contributed by atoms with van der Waals surface area (Å²) in [5.74, 6) is 0.820. The molecule has 0 heterocycles. The lowest BCUT2D eigenvalue weighted by Crippen LogP contribution is -2.14. The minimum Gasteiger partial charge on any atom is -0.434 e. The van der Waals surface area contributed by atoms with Crippen LogP contribution in [0.15, 0.2) is 36.4 Å². The Labute approximate surface area is 239 Å². The van der Waals surface area contributed by atoms with Crippen LogP contribution in [0.25, 0.3) is 21.5 Å². The van der Waals surface area contributed by atoms with E-state index >= 15 is 0 Å². The largest absolute Gasteiger partial charge is 0.513 e. The molecule has 0 bridgehead atoms. The van der Waals surface area contributed by atoms with Crippen molar-refractivity contribution in [3.05, 3.63) is 47.5 Å². The summed E-state index contributed by atoms with van der Waals surface area (Å²) in [6.45, 7) is 8.92. The summed E-state index contributed by atoms with van der Waals surface area (Å²) in [5, 5.41) is 2.76. The third-order valence-electron chi connectivity index (χ3n) is 7.30. The molecule has 3 aromatic rings. The van der Waals surface area contributed by atoms with Crippen molar-refractivity contribution in [2.24, 2.45) is 0 Å². The zero-order chi connectivity index (χ0) is 28.7. The maximum Gasteiger partial charge on any atom is 0.513 e. The van der Waals surface area contributed by atoms with Gasteiger partial charge in [-0.05, 0) is 37.8 Å². The van der Waals surface area contributed by atoms with E-state index in [9.17, 15) is 9.59 Å². The van der Waals surface area contributed by atoms with Crippen LogP contribution in [-0.2, 0) is 9.47 Å². The molecule has 0 aliphatic rings. The highest BCUT2D eigenvalue weighted by Gasteiger charge is 2.23. The van der Waals surface area contributed by atoms with Gasteiger partial charge >= 0.3 is 12.3 Å². The summed E-state index contributed by atoms with van der Waals surface area (Å²) in [4.78, 5) is 25.5. The van der Waals surface area contributed by atoms with Crippen LogP contribution in [0.2, 0.25) is 0 Å². The van der Waals surface area contributed by atoms with Gasteiger partial charge in [0.15, 0.2) is 11.5 Å². The van der Waals surface area contributed by atoms with E-state index in [0.717, 1.165) is 49.7 Å². The van der Waals surface area contributed by atoms with Gasteiger partial charge in [-0.1, -0.05) is 114 Å². The van der Waals surface area contributed by atoms with Gasteiger partial charge in [0.1, 0.15) is 0 Å². The fraction of sp³-hybridized carbons (Fsp3) is 0.529. The summed E-state index contributed by atoms with van der Waals surface area (Å²) < 4.78 is 22.6. The zero-order valence-corrected chi connectivity index (χ0v) is 24.8. The number of unbranched alkanes of at least 4 members (excludes halogenated alkanes) is 10. The van der Waals surface area contributed by atoms with Crippen molar-refractivity contribution < 1.29 is 28.5 Å². The number of ether oxygens (including phenoxy) is 4. The van der Waals surface area contributed by atoms with E-state index in [-0.39, 0.29) is 0 Å². The Morgan fingerprint density at radius 1 is 0.550 bits per heavy atom. The minimum atomic E-state index is -0.729. The third-order valence-corrected chi connectivity index (χ3v) is 7.30. The number of benzene rings is 3. The number of hydrogen-bond acceptors (Lipinski definition) is 6. The lowest BCUT2D eigenvalue weighted by molar-refractivity contribution is 0.0965. The molecule has 0 saturated carbocycles. The topological polar surface area (TPSA) is 71.1 Å². The summed E-state index contributed by atoms with van der Waals surface area (Å²) >= 11 is 0. The fourth-order valence-corrected chi connectivity index (χ4v) is 5.10. The van der Waals surface area contributed by atoms with Crippen molar-refractivity contribution in [1.29, 1.82) is 0 Å². The van der Waals surface area contributed by atoms with Crippen molar-refractivity contribution in [1.82, 2.24) is 0 Å². The predicted molar refractivity (Wildman–Crippen MR) is 162 cm³/mol. The van der Waals surface area contributed by atoms with Crippen LogP contribution in [0.3, 0.4) is 0 Å². The Balaban J connectivity index is 1.79. The molecule has 0 aromatic heterocycles. The van der Waals surface area contributed by atoms with Gasteiger partial charge in [0.05, 0.1) is 13.2 Å². The molecule has 0 aliphatic carbocycles. The Kier molecular flexibility index (Phi) is 13.1. The van der Waals surface area contributed by atoms with Crippen LogP contribution in [-0.4, -0.2) is 25.5 Å². The van der Waals surface area contributed by atoms with Gasteiger partial charge in [-0.25, -0.2) is 9.59 Å². The molecular formula is C34H46O6.